The van der Waals surface area contributed by atoms with Crippen molar-refractivity contribution in [2.75, 3.05) is 13.7 Å². The molecule has 0 saturated heterocycles. The Balaban J connectivity index is 2.04. The van der Waals surface area contributed by atoms with Crippen LogP contribution >= 0.6 is 0 Å². The number of ether oxygens (including phenoxy) is 1. The Hall–Kier alpha value is -0.940. The van der Waals surface area contributed by atoms with Crippen molar-refractivity contribution in [1.82, 2.24) is 14.8 Å². The lowest BCUT2D eigenvalue weighted by molar-refractivity contribution is 0.186. The molecule has 0 aromatic carbocycles. The molecule has 96 valence electrons. The molecule has 2 N–H and O–H groups in total. The third kappa shape index (κ3) is 3.04. The number of rotatable bonds is 5. The van der Waals surface area contributed by atoms with Crippen LogP contribution in [0.2, 0.25) is 0 Å². The highest BCUT2D eigenvalue weighted by atomic mass is 16.5. The molecule has 5 nitrogen and oxygen atoms in total. The monoisotopic (exact) mass is 238 g/mol. The van der Waals surface area contributed by atoms with Crippen molar-refractivity contribution >= 4 is 0 Å². The average molecular weight is 238 g/mol. The minimum atomic E-state index is -0.0700. The van der Waals surface area contributed by atoms with E-state index in [0.717, 1.165) is 12.2 Å². The molecule has 0 amide bonds. The van der Waals surface area contributed by atoms with E-state index < -0.39 is 0 Å². The number of methoxy groups -OCH3 is 1. The molecule has 5 heteroatoms. The fraction of sp³-hybridized carbons (Fsp3) is 0.833. The van der Waals surface area contributed by atoms with Crippen molar-refractivity contribution < 1.29 is 4.74 Å². The van der Waals surface area contributed by atoms with Gasteiger partial charge in [0.15, 0.2) is 0 Å². The van der Waals surface area contributed by atoms with E-state index in [1.165, 1.54) is 32.1 Å². The van der Waals surface area contributed by atoms with Gasteiger partial charge in [-0.15, -0.1) is 10.2 Å². The summed E-state index contributed by atoms with van der Waals surface area (Å²) >= 11 is 0. The lowest BCUT2D eigenvalue weighted by atomic mass is 9.95. The smallest absolute Gasteiger partial charge is 0.150 e. The molecule has 17 heavy (non-hydrogen) atoms. The summed E-state index contributed by atoms with van der Waals surface area (Å²) in [7, 11) is 1.69. The summed E-state index contributed by atoms with van der Waals surface area (Å²) in [5.74, 6) is 0.911. The summed E-state index contributed by atoms with van der Waals surface area (Å²) in [6, 6.07) is 0.474. The molecule has 1 aromatic heterocycles. The Kier molecular flexibility index (Phi) is 4.50. The molecule has 1 fully saturated rings. The number of nitrogens with two attached hydrogens (primary N) is 1. The third-order valence-electron chi connectivity index (χ3n) is 3.53. The van der Waals surface area contributed by atoms with Crippen LogP contribution in [-0.4, -0.2) is 28.5 Å². The maximum Gasteiger partial charge on any atom is 0.150 e. The van der Waals surface area contributed by atoms with Gasteiger partial charge >= 0.3 is 0 Å². The summed E-state index contributed by atoms with van der Waals surface area (Å²) in [4.78, 5) is 0. The molecule has 1 saturated carbocycles. The van der Waals surface area contributed by atoms with Crippen molar-refractivity contribution in [3.63, 3.8) is 0 Å². The fourth-order valence-electron chi connectivity index (χ4n) is 2.53. The number of nitrogens with zero attached hydrogens (tertiary/aromatic N) is 3. The van der Waals surface area contributed by atoms with Gasteiger partial charge in [0.25, 0.3) is 0 Å². The van der Waals surface area contributed by atoms with Gasteiger partial charge < -0.3 is 15.0 Å². The Morgan fingerprint density at radius 3 is 2.94 bits per heavy atom. The Morgan fingerprint density at radius 2 is 2.24 bits per heavy atom. The van der Waals surface area contributed by atoms with E-state index in [2.05, 4.69) is 14.8 Å². The molecule has 1 aliphatic rings. The summed E-state index contributed by atoms with van der Waals surface area (Å²) < 4.78 is 7.24. The Morgan fingerprint density at radius 1 is 1.47 bits per heavy atom. The summed E-state index contributed by atoms with van der Waals surface area (Å²) in [6.45, 7) is 0.665. The topological polar surface area (TPSA) is 66.0 Å². The molecule has 0 bridgehead atoms. The van der Waals surface area contributed by atoms with Crippen LogP contribution < -0.4 is 5.73 Å². The molecule has 1 aliphatic carbocycles. The first-order valence-electron chi connectivity index (χ1n) is 6.47. The summed E-state index contributed by atoms with van der Waals surface area (Å²) in [5, 5.41) is 8.20. The van der Waals surface area contributed by atoms with Crippen LogP contribution in [0, 0.1) is 0 Å². The average Bonchev–Trinajstić information content (AvgIpc) is 2.86. The largest absolute Gasteiger partial charge is 0.385 e. The highest BCUT2D eigenvalue weighted by molar-refractivity contribution is 4.96. The van der Waals surface area contributed by atoms with Crippen LogP contribution in [0.1, 0.15) is 56.4 Å². The van der Waals surface area contributed by atoms with E-state index in [1.807, 2.05) is 6.33 Å². The van der Waals surface area contributed by atoms with Crippen LogP contribution in [0.5, 0.6) is 0 Å². The Bertz CT molecular complexity index is 333. The van der Waals surface area contributed by atoms with Crippen molar-refractivity contribution in [3.8, 4) is 0 Å². The van der Waals surface area contributed by atoms with E-state index in [1.54, 1.807) is 7.11 Å². The highest BCUT2D eigenvalue weighted by Crippen LogP contribution is 2.29. The van der Waals surface area contributed by atoms with Crippen molar-refractivity contribution in [2.24, 2.45) is 5.73 Å². The van der Waals surface area contributed by atoms with Crippen LogP contribution in [0.4, 0.5) is 0 Å². The van der Waals surface area contributed by atoms with Crippen molar-refractivity contribution in [1.29, 1.82) is 0 Å². The van der Waals surface area contributed by atoms with Crippen molar-refractivity contribution in [2.45, 2.75) is 50.6 Å². The molecule has 0 aliphatic heterocycles. The molecular weight excluding hydrogens is 216 g/mol. The second kappa shape index (κ2) is 6.12. The lowest BCUT2D eigenvalue weighted by Crippen LogP contribution is -2.22. The molecule has 0 radical (unpaired) electrons. The predicted molar refractivity (Wildman–Crippen MR) is 65.6 cm³/mol. The van der Waals surface area contributed by atoms with Gasteiger partial charge in [-0.1, -0.05) is 19.3 Å². The van der Waals surface area contributed by atoms with Gasteiger partial charge in [0.2, 0.25) is 0 Å². The van der Waals surface area contributed by atoms with Gasteiger partial charge in [0.1, 0.15) is 12.2 Å². The third-order valence-corrected chi connectivity index (χ3v) is 3.53. The van der Waals surface area contributed by atoms with Crippen molar-refractivity contribution in [3.05, 3.63) is 12.2 Å². The SMILES string of the molecule is COCCC(N)c1nncn1C1CCCCC1. The minimum Gasteiger partial charge on any atom is -0.385 e. The van der Waals surface area contributed by atoms with Crippen LogP contribution in [0.3, 0.4) is 0 Å². The summed E-state index contributed by atoms with van der Waals surface area (Å²) in [5.41, 5.74) is 6.13. The van der Waals surface area contributed by atoms with Crippen LogP contribution in [0.25, 0.3) is 0 Å². The normalized spacial score (nSPS) is 19.4. The maximum atomic E-state index is 6.13. The Labute approximate surface area is 102 Å². The van der Waals surface area contributed by atoms with Gasteiger partial charge in [-0.2, -0.15) is 0 Å². The van der Waals surface area contributed by atoms with E-state index in [0.29, 0.717) is 12.6 Å². The van der Waals surface area contributed by atoms with Gasteiger partial charge in [-0.05, 0) is 19.3 Å². The zero-order valence-corrected chi connectivity index (χ0v) is 10.5. The molecule has 2 rings (SSSR count). The highest BCUT2D eigenvalue weighted by Gasteiger charge is 2.21. The van der Waals surface area contributed by atoms with Gasteiger partial charge in [-0.25, -0.2) is 0 Å². The molecular formula is C12H22N4O. The van der Waals surface area contributed by atoms with Gasteiger partial charge in [0.05, 0.1) is 6.04 Å². The molecule has 1 atom stereocenters. The van der Waals surface area contributed by atoms with E-state index in [9.17, 15) is 0 Å². The fourth-order valence-corrected chi connectivity index (χ4v) is 2.53. The minimum absolute atomic E-state index is 0.0700. The predicted octanol–water partition coefficient (Wildman–Crippen LogP) is 1.82. The van der Waals surface area contributed by atoms with Gasteiger partial charge in [0, 0.05) is 19.8 Å². The zero-order chi connectivity index (χ0) is 12.1. The zero-order valence-electron chi connectivity index (χ0n) is 10.5. The number of aromatic nitrogens is 3. The lowest BCUT2D eigenvalue weighted by Gasteiger charge is -2.25. The van der Waals surface area contributed by atoms with E-state index >= 15 is 0 Å². The molecule has 1 heterocycles. The van der Waals surface area contributed by atoms with Crippen LogP contribution in [-0.2, 0) is 4.74 Å². The first-order valence-corrected chi connectivity index (χ1v) is 6.47. The number of hydrogen-bond donors (Lipinski definition) is 1. The molecule has 0 spiro atoms. The number of hydrogen-bond acceptors (Lipinski definition) is 4. The molecule has 1 aromatic rings. The maximum absolute atomic E-state index is 6.13. The first kappa shape index (κ1) is 12.5. The van der Waals surface area contributed by atoms with Gasteiger partial charge in [-0.3, -0.25) is 0 Å². The van der Waals surface area contributed by atoms with Crippen LogP contribution in [0.15, 0.2) is 6.33 Å². The second-order valence-electron chi connectivity index (χ2n) is 4.78. The molecule has 1 unspecified atom stereocenters. The van der Waals surface area contributed by atoms with E-state index in [4.69, 9.17) is 10.5 Å². The second-order valence-corrected chi connectivity index (χ2v) is 4.78. The summed E-state index contributed by atoms with van der Waals surface area (Å²) in [6.07, 6.45) is 9.03. The quantitative estimate of drug-likeness (QED) is 0.849. The first-order chi connectivity index (χ1) is 8.33. The standard InChI is InChI=1S/C12H22N4O/c1-17-8-7-11(13)12-15-14-9-16(12)10-5-3-2-4-6-10/h9-11H,2-8,13H2,1H3. The van der Waals surface area contributed by atoms with E-state index in [-0.39, 0.29) is 6.04 Å².